The van der Waals surface area contributed by atoms with Crippen molar-refractivity contribution >= 4 is 11.9 Å². The fourth-order valence-electron chi connectivity index (χ4n) is 3.43. The first-order chi connectivity index (χ1) is 13.6. The van der Waals surface area contributed by atoms with E-state index in [0.29, 0.717) is 5.75 Å². The molecule has 0 spiro atoms. The fraction of sp³-hybridized carbons (Fsp3) is 0.391. The van der Waals surface area contributed by atoms with Crippen LogP contribution >= 0.6 is 0 Å². The van der Waals surface area contributed by atoms with E-state index in [1.807, 2.05) is 42.5 Å². The first-order valence-electron chi connectivity index (χ1n) is 9.72. The van der Waals surface area contributed by atoms with Gasteiger partial charge in [-0.05, 0) is 37.1 Å². The number of benzene rings is 2. The third-order valence-electron chi connectivity index (χ3n) is 5.35. The molecular formula is C23H28N2O4. The van der Waals surface area contributed by atoms with Gasteiger partial charge in [-0.1, -0.05) is 56.3 Å². The van der Waals surface area contributed by atoms with E-state index in [9.17, 15) is 14.7 Å². The number of rotatable bonds is 7. The monoisotopic (exact) mass is 396 g/mol. The highest BCUT2D eigenvalue weighted by Crippen LogP contribution is 2.32. The Balaban J connectivity index is 1.58. The number of amides is 3. The summed E-state index contributed by atoms with van der Waals surface area (Å²) < 4.78 is 5.65. The van der Waals surface area contributed by atoms with E-state index in [-0.39, 0.29) is 24.5 Å². The zero-order valence-electron chi connectivity index (χ0n) is 17.3. The molecule has 3 rings (SSSR count). The number of imide groups is 1. The van der Waals surface area contributed by atoms with Gasteiger partial charge in [0, 0.05) is 5.41 Å². The molecule has 2 aromatic carbocycles. The van der Waals surface area contributed by atoms with Crippen LogP contribution in [-0.2, 0) is 10.2 Å². The topological polar surface area (TPSA) is 78.9 Å². The maximum Gasteiger partial charge on any atom is 0.325 e. The Kier molecular flexibility index (Phi) is 5.66. The second-order valence-electron chi connectivity index (χ2n) is 8.45. The van der Waals surface area contributed by atoms with Crippen LogP contribution in [0.5, 0.6) is 5.75 Å². The van der Waals surface area contributed by atoms with Gasteiger partial charge >= 0.3 is 6.03 Å². The molecule has 2 N–H and O–H groups in total. The summed E-state index contributed by atoms with van der Waals surface area (Å²) in [5, 5.41) is 12.8. The Hall–Kier alpha value is -2.86. The summed E-state index contributed by atoms with van der Waals surface area (Å²) in [4.78, 5) is 25.1. The number of aliphatic hydroxyl groups is 1. The largest absolute Gasteiger partial charge is 0.491 e. The van der Waals surface area contributed by atoms with Crippen molar-refractivity contribution in [3.63, 3.8) is 0 Å². The van der Waals surface area contributed by atoms with E-state index < -0.39 is 17.7 Å². The molecule has 1 saturated heterocycles. The van der Waals surface area contributed by atoms with Crippen LogP contribution in [0, 0.1) is 0 Å². The maximum absolute atomic E-state index is 12.2. The van der Waals surface area contributed by atoms with Crippen LogP contribution in [0.1, 0.15) is 38.8 Å². The molecule has 29 heavy (non-hydrogen) atoms. The van der Waals surface area contributed by atoms with E-state index in [1.165, 1.54) is 5.56 Å². The fourth-order valence-corrected chi connectivity index (χ4v) is 3.43. The van der Waals surface area contributed by atoms with Crippen molar-refractivity contribution < 1.29 is 19.4 Å². The van der Waals surface area contributed by atoms with Gasteiger partial charge in [0.2, 0.25) is 0 Å². The minimum Gasteiger partial charge on any atom is -0.491 e. The van der Waals surface area contributed by atoms with Crippen molar-refractivity contribution in [2.24, 2.45) is 0 Å². The van der Waals surface area contributed by atoms with Gasteiger partial charge in [-0.2, -0.15) is 0 Å². The smallest absolute Gasteiger partial charge is 0.325 e. The first kappa shape index (κ1) is 20.9. The van der Waals surface area contributed by atoms with Crippen molar-refractivity contribution in [1.82, 2.24) is 10.2 Å². The van der Waals surface area contributed by atoms with Crippen LogP contribution in [-0.4, -0.2) is 46.7 Å². The Morgan fingerprint density at radius 1 is 1.03 bits per heavy atom. The van der Waals surface area contributed by atoms with Gasteiger partial charge in [-0.15, -0.1) is 0 Å². The maximum atomic E-state index is 12.2. The summed E-state index contributed by atoms with van der Waals surface area (Å²) in [5.41, 5.74) is 1.29. The predicted molar refractivity (Wildman–Crippen MR) is 111 cm³/mol. The van der Waals surface area contributed by atoms with Crippen LogP contribution in [0.4, 0.5) is 4.79 Å². The highest BCUT2D eigenvalue weighted by atomic mass is 16.5. The van der Waals surface area contributed by atoms with Crippen molar-refractivity contribution in [3.05, 3.63) is 65.7 Å². The van der Waals surface area contributed by atoms with Gasteiger partial charge in [0.15, 0.2) is 0 Å². The Morgan fingerprint density at radius 2 is 1.62 bits per heavy atom. The lowest BCUT2D eigenvalue weighted by atomic mass is 9.78. The van der Waals surface area contributed by atoms with E-state index in [0.717, 1.165) is 10.5 Å². The standard InChI is InChI=1S/C23H28N2O4/c1-22(2,16-8-6-5-7-9-16)17-10-12-19(13-11-17)29-15-18(26)14-25-20(27)23(3,4)24-21(25)28/h5-13,18,26H,14-15H2,1-4H3,(H,24,28). The van der Waals surface area contributed by atoms with Gasteiger partial charge in [0.1, 0.15) is 24.0 Å². The molecule has 3 amide bonds. The molecule has 0 bridgehead atoms. The molecule has 0 radical (unpaired) electrons. The number of aliphatic hydroxyl groups excluding tert-OH is 1. The Morgan fingerprint density at radius 3 is 2.17 bits per heavy atom. The third-order valence-corrected chi connectivity index (χ3v) is 5.35. The first-order valence-corrected chi connectivity index (χ1v) is 9.72. The summed E-state index contributed by atoms with van der Waals surface area (Å²) in [7, 11) is 0. The summed E-state index contributed by atoms with van der Waals surface area (Å²) in [6.45, 7) is 7.48. The number of carbonyl (C=O) groups excluding carboxylic acids is 2. The van der Waals surface area contributed by atoms with Crippen LogP contribution < -0.4 is 10.1 Å². The molecule has 0 saturated carbocycles. The molecule has 0 aromatic heterocycles. The lowest BCUT2D eigenvalue weighted by Crippen LogP contribution is -2.42. The number of urea groups is 1. The molecule has 1 aliphatic rings. The van der Waals surface area contributed by atoms with E-state index in [2.05, 4.69) is 31.3 Å². The average Bonchev–Trinajstić information content (AvgIpc) is 2.89. The molecule has 1 fully saturated rings. The second kappa shape index (κ2) is 7.87. The normalized spacial score (nSPS) is 17.2. The molecule has 1 aliphatic heterocycles. The van der Waals surface area contributed by atoms with Crippen LogP contribution in [0.25, 0.3) is 0 Å². The van der Waals surface area contributed by atoms with E-state index in [4.69, 9.17) is 4.74 Å². The lowest BCUT2D eigenvalue weighted by Gasteiger charge is -2.26. The molecule has 154 valence electrons. The number of hydrogen-bond acceptors (Lipinski definition) is 4. The highest BCUT2D eigenvalue weighted by Gasteiger charge is 2.44. The van der Waals surface area contributed by atoms with Crippen LogP contribution in [0.2, 0.25) is 0 Å². The predicted octanol–water partition coefficient (Wildman–Crippen LogP) is 3.08. The lowest BCUT2D eigenvalue weighted by molar-refractivity contribution is -0.131. The number of nitrogens with zero attached hydrogens (tertiary/aromatic N) is 1. The summed E-state index contributed by atoms with van der Waals surface area (Å²) in [5.74, 6) is 0.267. The number of β-amino-alcohol motifs (C(OH)–C–C–N with tert-alkyl or cyclic N) is 1. The summed E-state index contributed by atoms with van der Waals surface area (Å²) >= 11 is 0. The highest BCUT2D eigenvalue weighted by molar-refractivity contribution is 6.06. The molecule has 6 heteroatoms. The summed E-state index contributed by atoms with van der Waals surface area (Å²) in [6, 6.07) is 17.5. The van der Waals surface area contributed by atoms with Crippen molar-refractivity contribution in [2.75, 3.05) is 13.2 Å². The van der Waals surface area contributed by atoms with Gasteiger partial charge in [0.05, 0.1) is 6.54 Å². The molecule has 6 nitrogen and oxygen atoms in total. The molecule has 2 aromatic rings. The van der Waals surface area contributed by atoms with Gasteiger partial charge < -0.3 is 15.2 Å². The number of hydrogen-bond donors (Lipinski definition) is 2. The molecular weight excluding hydrogens is 368 g/mol. The van der Waals surface area contributed by atoms with Crippen molar-refractivity contribution in [2.45, 2.75) is 44.8 Å². The average molecular weight is 396 g/mol. The third kappa shape index (κ3) is 4.43. The van der Waals surface area contributed by atoms with Crippen LogP contribution in [0.15, 0.2) is 54.6 Å². The van der Waals surface area contributed by atoms with Crippen molar-refractivity contribution in [1.29, 1.82) is 0 Å². The Bertz CT molecular complexity index is 876. The molecule has 1 atom stereocenters. The quantitative estimate of drug-likeness (QED) is 0.705. The number of nitrogens with one attached hydrogen (secondary N) is 1. The minimum absolute atomic E-state index is 0.0150. The van der Waals surface area contributed by atoms with Gasteiger partial charge in [-0.25, -0.2) is 4.79 Å². The SMILES string of the molecule is CC1(C)NC(=O)N(CC(O)COc2ccc(C(C)(C)c3ccccc3)cc2)C1=O. The second-order valence-corrected chi connectivity index (χ2v) is 8.45. The number of ether oxygens (including phenoxy) is 1. The zero-order chi connectivity index (χ0) is 21.2. The zero-order valence-corrected chi connectivity index (χ0v) is 17.3. The molecule has 0 aliphatic carbocycles. The number of carbonyl (C=O) groups is 2. The Labute approximate surface area is 171 Å². The van der Waals surface area contributed by atoms with Crippen LogP contribution in [0.3, 0.4) is 0 Å². The van der Waals surface area contributed by atoms with Gasteiger partial charge in [0.25, 0.3) is 5.91 Å². The molecule has 1 heterocycles. The van der Waals surface area contributed by atoms with E-state index >= 15 is 0 Å². The minimum atomic E-state index is -0.973. The van der Waals surface area contributed by atoms with Crippen molar-refractivity contribution in [3.8, 4) is 5.75 Å². The van der Waals surface area contributed by atoms with Gasteiger partial charge in [-0.3, -0.25) is 9.69 Å². The van der Waals surface area contributed by atoms with E-state index in [1.54, 1.807) is 13.8 Å². The molecule has 1 unspecified atom stereocenters. The summed E-state index contributed by atoms with van der Waals surface area (Å²) in [6.07, 6.45) is -0.973.